The quantitative estimate of drug-likeness (QED) is 0.139. The first-order chi connectivity index (χ1) is 19.1. The van der Waals surface area contributed by atoms with E-state index in [4.69, 9.17) is 9.15 Å². The molecule has 0 bridgehead atoms. The molecule has 1 saturated heterocycles. The second kappa shape index (κ2) is 12.3. The SMILES string of the molecule is CCOC(=O)c1oc2ccc(SN(CCc3ccccc3)c3ccccc3N3CCN(C=O)CC3)cc2c1C. The summed E-state index contributed by atoms with van der Waals surface area (Å²) in [6, 6.07) is 25.0. The molecule has 8 heteroatoms. The third-order valence-corrected chi connectivity index (χ3v) is 8.05. The number of para-hydroxylation sites is 2. The number of ether oxygens (including phenoxy) is 1. The van der Waals surface area contributed by atoms with Crippen molar-refractivity contribution in [1.82, 2.24) is 4.90 Å². The molecule has 39 heavy (non-hydrogen) atoms. The maximum atomic E-state index is 12.4. The van der Waals surface area contributed by atoms with Gasteiger partial charge in [-0.2, -0.15) is 0 Å². The number of amides is 1. The van der Waals surface area contributed by atoms with Gasteiger partial charge in [-0.15, -0.1) is 0 Å². The lowest BCUT2D eigenvalue weighted by molar-refractivity contribution is -0.118. The van der Waals surface area contributed by atoms with Gasteiger partial charge >= 0.3 is 5.97 Å². The predicted octanol–water partition coefficient (Wildman–Crippen LogP) is 5.95. The van der Waals surface area contributed by atoms with Gasteiger partial charge in [0.15, 0.2) is 0 Å². The van der Waals surface area contributed by atoms with Crippen LogP contribution in [0.4, 0.5) is 11.4 Å². The van der Waals surface area contributed by atoms with Crippen LogP contribution in [0.5, 0.6) is 0 Å². The Balaban J connectivity index is 1.46. The van der Waals surface area contributed by atoms with Gasteiger partial charge in [0.25, 0.3) is 0 Å². The van der Waals surface area contributed by atoms with Gasteiger partial charge in [0, 0.05) is 48.6 Å². The molecule has 0 spiro atoms. The monoisotopic (exact) mass is 543 g/mol. The van der Waals surface area contributed by atoms with Gasteiger partial charge in [-0.3, -0.25) is 4.79 Å². The van der Waals surface area contributed by atoms with Gasteiger partial charge in [0.1, 0.15) is 5.58 Å². The Morgan fingerprint density at radius 2 is 1.77 bits per heavy atom. The van der Waals surface area contributed by atoms with E-state index in [1.54, 1.807) is 18.9 Å². The van der Waals surface area contributed by atoms with E-state index < -0.39 is 5.97 Å². The number of hydrogen-bond donors (Lipinski definition) is 0. The summed E-state index contributed by atoms with van der Waals surface area (Å²) in [5.74, 6) is -0.178. The molecule has 202 valence electrons. The van der Waals surface area contributed by atoms with Gasteiger partial charge in [0.2, 0.25) is 12.2 Å². The Morgan fingerprint density at radius 3 is 2.51 bits per heavy atom. The molecule has 0 atom stereocenters. The normalized spacial score (nSPS) is 13.5. The second-order valence-electron chi connectivity index (χ2n) is 9.48. The molecule has 3 aromatic carbocycles. The van der Waals surface area contributed by atoms with E-state index in [1.165, 1.54) is 5.56 Å². The highest BCUT2D eigenvalue weighted by molar-refractivity contribution is 8.00. The van der Waals surface area contributed by atoms with E-state index >= 15 is 0 Å². The fourth-order valence-corrected chi connectivity index (χ4v) is 5.87. The Labute approximate surface area is 233 Å². The van der Waals surface area contributed by atoms with Crippen LogP contribution in [0.2, 0.25) is 0 Å². The van der Waals surface area contributed by atoms with Crippen LogP contribution < -0.4 is 9.21 Å². The number of aryl methyl sites for hydroxylation is 1. The van der Waals surface area contributed by atoms with Gasteiger partial charge in [-0.25, -0.2) is 4.79 Å². The highest BCUT2D eigenvalue weighted by atomic mass is 32.2. The van der Waals surface area contributed by atoms with Gasteiger partial charge in [-0.05, 0) is 68.1 Å². The van der Waals surface area contributed by atoms with Crippen molar-refractivity contribution < 1.29 is 18.7 Å². The van der Waals surface area contributed by atoms with Crippen molar-refractivity contribution in [3.8, 4) is 0 Å². The molecule has 1 fully saturated rings. The maximum absolute atomic E-state index is 12.4. The Bertz CT molecular complexity index is 1430. The smallest absolute Gasteiger partial charge is 0.374 e. The zero-order chi connectivity index (χ0) is 27.2. The molecule has 0 N–H and O–H groups in total. The van der Waals surface area contributed by atoms with Gasteiger partial charge in [0.05, 0.1) is 18.0 Å². The highest BCUT2D eigenvalue weighted by Crippen LogP contribution is 2.38. The maximum Gasteiger partial charge on any atom is 0.374 e. The number of fused-ring (bicyclic) bond motifs is 1. The molecule has 1 aliphatic heterocycles. The summed E-state index contributed by atoms with van der Waals surface area (Å²) >= 11 is 1.68. The van der Waals surface area contributed by atoms with E-state index in [0.29, 0.717) is 25.3 Å². The van der Waals surface area contributed by atoms with E-state index in [1.807, 2.05) is 30.0 Å². The van der Waals surface area contributed by atoms with Crippen LogP contribution in [-0.4, -0.2) is 56.6 Å². The molecule has 1 amide bonds. The molecule has 0 saturated carbocycles. The number of esters is 1. The number of hydrogen-bond acceptors (Lipinski definition) is 7. The van der Waals surface area contributed by atoms with Crippen LogP contribution in [0.25, 0.3) is 11.0 Å². The fourth-order valence-electron chi connectivity index (χ4n) is 4.88. The summed E-state index contributed by atoms with van der Waals surface area (Å²) in [6.45, 7) is 7.81. The molecule has 0 unspecified atom stereocenters. The summed E-state index contributed by atoms with van der Waals surface area (Å²) in [5.41, 5.74) is 5.03. The summed E-state index contributed by atoms with van der Waals surface area (Å²) in [7, 11) is 0. The molecule has 5 rings (SSSR count). The summed E-state index contributed by atoms with van der Waals surface area (Å²) in [4.78, 5) is 28.9. The molecule has 7 nitrogen and oxygen atoms in total. The minimum absolute atomic E-state index is 0.259. The zero-order valence-electron chi connectivity index (χ0n) is 22.3. The van der Waals surface area contributed by atoms with Gasteiger partial charge in [-0.1, -0.05) is 42.5 Å². The van der Waals surface area contributed by atoms with Crippen molar-refractivity contribution in [2.45, 2.75) is 25.2 Å². The van der Waals surface area contributed by atoms with E-state index in [2.05, 4.69) is 63.8 Å². The third-order valence-electron chi connectivity index (χ3n) is 6.98. The first-order valence-corrected chi connectivity index (χ1v) is 14.1. The number of furan rings is 1. The fraction of sp³-hybridized carbons (Fsp3) is 0.290. The van der Waals surface area contributed by atoms with Crippen LogP contribution in [0.15, 0.2) is 82.1 Å². The number of anilines is 2. The van der Waals surface area contributed by atoms with Gasteiger partial charge < -0.3 is 23.3 Å². The molecule has 4 aromatic rings. The van der Waals surface area contributed by atoms with E-state index in [9.17, 15) is 9.59 Å². The highest BCUT2D eigenvalue weighted by Gasteiger charge is 2.23. The number of rotatable bonds is 10. The third kappa shape index (κ3) is 6.06. The lowest BCUT2D eigenvalue weighted by Crippen LogP contribution is -2.46. The molecule has 0 aliphatic carbocycles. The van der Waals surface area contributed by atoms with Crippen LogP contribution in [0, 0.1) is 6.92 Å². The molecular formula is C31H33N3O4S. The first kappa shape index (κ1) is 26.7. The lowest BCUT2D eigenvalue weighted by atomic mass is 10.1. The van der Waals surface area contributed by atoms with Crippen molar-refractivity contribution >= 4 is 46.7 Å². The lowest BCUT2D eigenvalue weighted by Gasteiger charge is -2.37. The molecule has 2 heterocycles. The van der Waals surface area contributed by atoms with E-state index in [-0.39, 0.29) is 5.76 Å². The second-order valence-corrected chi connectivity index (χ2v) is 10.6. The first-order valence-electron chi connectivity index (χ1n) is 13.3. The zero-order valence-corrected chi connectivity index (χ0v) is 23.2. The number of carbonyl (C=O) groups is 2. The largest absolute Gasteiger partial charge is 0.460 e. The number of piperazine rings is 1. The summed E-state index contributed by atoms with van der Waals surface area (Å²) in [6.07, 6.45) is 1.83. The van der Waals surface area contributed by atoms with Crippen molar-refractivity contribution in [2.24, 2.45) is 0 Å². The Morgan fingerprint density at radius 1 is 1.03 bits per heavy atom. The van der Waals surface area contributed by atoms with Crippen molar-refractivity contribution in [3.63, 3.8) is 0 Å². The summed E-state index contributed by atoms with van der Waals surface area (Å²) in [5, 5.41) is 0.907. The molecule has 1 aliphatic rings. The topological polar surface area (TPSA) is 66.2 Å². The standard InChI is InChI=1S/C31H33N3O4S/c1-3-37-31(36)30-23(2)26-21-25(13-14-29(26)38-30)39-34(16-15-24-9-5-4-6-10-24)28-12-8-7-11-27(28)33-19-17-32(22-35)18-20-33/h4-14,21-22H,3,15-20H2,1-2H3. The van der Waals surface area contributed by atoms with Crippen molar-refractivity contribution in [1.29, 1.82) is 0 Å². The van der Waals surface area contributed by atoms with Crippen LogP contribution >= 0.6 is 11.9 Å². The van der Waals surface area contributed by atoms with Crippen LogP contribution in [0.3, 0.4) is 0 Å². The number of nitrogens with zero attached hydrogens (tertiary/aromatic N) is 3. The molecule has 0 radical (unpaired) electrons. The number of benzene rings is 3. The van der Waals surface area contributed by atoms with E-state index in [0.717, 1.165) is 59.7 Å². The minimum atomic E-state index is -0.437. The Kier molecular flexibility index (Phi) is 8.42. The Hall–Kier alpha value is -3.91. The van der Waals surface area contributed by atoms with Crippen LogP contribution in [0.1, 0.15) is 28.6 Å². The average Bonchev–Trinajstić information content (AvgIpc) is 3.31. The van der Waals surface area contributed by atoms with Crippen molar-refractivity contribution in [3.05, 3.63) is 89.7 Å². The summed E-state index contributed by atoms with van der Waals surface area (Å²) < 4.78 is 13.4. The molecular weight excluding hydrogens is 510 g/mol. The number of carbonyl (C=O) groups excluding carboxylic acids is 2. The average molecular weight is 544 g/mol. The predicted molar refractivity (Wildman–Crippen MR) is 157 cm³/mol. The molecule has 1 aromatic heterocycles. The van der Waals surface area contributed by atoms with Crippen LogP contribution in [-0.2, 0) is 16.0 Å². The minimum Gasteiger partial charge on any atom is -0.460 e. The van der Waals surface area contributed by atoms with Crippen molar-refractivity contribution in [2.75, 3.05) is 48.5 Å².